The molecule has 0 unspecified atom stereocenters. The third kappa shape index (κ3) is 7.27. The summed E-state index contributed by atoms with van der Waals surface area (Å²) in [6, 6.07) is 0. The Labute approximate surface area is 99.4 Å². The second kappa shape index (κ2) is 9.20. The third-order valence-electron chi connectivity index (χ3n) is 2.88. The molecule has 0 radical (unpaired) electrons. The van der Waals surface area contributed by atoms with Gasteiger partial charge in [0.1, 0.15) is 0 Å². The molecule has 92 valence electrons. The van der Waals surface area contributed by atoms with Crippen LogP contribution in [0.1, 0.15) is 59.3 Å². The van der Waals surface area contributed by atoms with E-state index in [0.29, 0.717) is 0 Å². The Balaban J connectivity index is 3.89. The average molecular weight is 267 g/mol. The summed E-state index contributed by atoms with van der Waals surface area (Å²) in [7, 11) is 0. The summed E-state index contributed by atoms with van der Waals surface area (Å²) in [5.74, 6) is -1.25. The van der Waals surface area contributed by atoms with Gasteiger partial charge in [-0.15, -0.1) is 0 Å². The fourth-order valence-electron chi connectivity index (χ4n) is 1.82. The molecule has 0 amide bonds. The van der Waals surface area contributed by atoms with Gasteiger partial charge in [-0.3, -0.25) is 0 Å². The van der Waals surface area contributed by atoms with Crippen LogP contribution in [0, 0.1) is 0 Å². The van der Waals surface area contributed by atoms with Crippen molar-refractivity contribution in [2.75, 3.05) is 18.5 Å². The Morgan fingerprint density at radius 2 is 1.00 bits per heavy atom. The first-order valence-corrected chi connectivity index (χ1v) is 10.2. The maximum atomic E-state index is 6.10. The van der Waals surface area contributed by atoms with Crippen molar-refractivity contribution < 1.29 is 15.6 Å². The molecule has 0 N–H and O–H groups in total. The number of rotatable bonds is 9. The van der Waals surface area contributed by atoms with Crippen molar-refractivity contribution in [3.05, 3.63) is 0 Å². The van der Waals surface area contributed by atoms with Gasteiger partial charge in [0.25, 0.3) is 0 Å². The standard InChI is InChI=1S/C12H27P.Cu/c1-4-7-10-13(11-8-5-2)12-9-6-3;/h4-12H2,1-3H3;/q;-1/p+1. The molecular formula is C12H28CuP. The molecule has 14 heavy (non-hydrogen) atoms. The zero-order chi connectivity index (χ0) is 10.9. The predicted molar refractivity (Wildman–Crippen MR) is 67.6 cm³/mol. The molecule has 2 heteroatoms. The van der Waals surface area contributed by atoms with Gasteiger partial charge >= 0.3 is 99.3 Å². The van der Waals surface area contributed by atoms with Crippen molar-refractivity contribution in [1.29, 1.82) is 0 Å². The van der Waals surface area contributed by atoms with Crippen molar-refractivity contribution in [2.24, 2.45) is 0 Å². The minimum atomic E-state index is -1.25. The molecule has 0 saturated heterocycles. The first kappa shape index (κ1) is 14.9. The second-order valence-corrected chi connectivity index (χ2v) is 11.0. The summed E-state index contributed by atoms with van der Waals surface area (Å²) in [5.41, 5.74) is 0. The van der Waals surface area contributed by atoms with E-state index in [-0.39, 0.29) is 0 Å². The Morgan fingerprint density at radius 1 is 0.714 bits per heavy atom. The van der Waals surface area contributed by atoms with Crippen LogP contribution < -0.4 is 0 Å². The van der Waals surface area contributed by atoms with E-state index in [1.165, 1.54) is 57.0 Å². The Morgan fingerprint density at radius 3 is 1.21 bits per heavy atom. The summed E-state index contributed by atoms with van der Waals surface area (Å²) >= 11 is 6.10. The van der Waals surface area contributed by atoms with Crippen LogP contribution in [-0.2, 0) is 15.6 Å². The van der Waals surface area contributed by atoms with Gasteiger partial charge < -0.3 is 0 Å². The van der Waals surface area contributed by atoms with Gasteiger partial charge in [-0.1, -0.05) is 0 Å². The molecule has 0 saturated carbocycles. The van der Waals surface area contributed by atoms with E-state index in [1.807, 2.05) is 0 Å². The number of hydrogen-bond acceptors (Lipinski definition) is 0. The molecule has 0 bridgehead atoms. The fourth-order valence-corrected chi connectivity index (χ4v) is 6.94. The van der Waals surface area contributed by atoms with Gasteiger partial charge in [0, 0.05) is 0 Å². The van der Waals surface area contributed by atoms with Crippen LogP contribution in [0.2, 0.25) is 0 Å². The third-order valence-corrected chi connectivity index (χ3v) is 8.63. The quantitative estimate of drug-likeness (QED) is 0.423. The van der Waals surface area contributed by atoms with Crippen LogP contribution in [-0.4, -0.2) is 18.5 Å². The van der Waals surface area contributed by atoms with Crippen LogP contribution in [0.25, 0.3) is 0 Å². The average Bonchev–Trinajstić information content (AvgIpc) is 2.21. The van der Waals surface area contributed by atoms with Crippen LogP contribution in [0.3, 0.4) is 0 Å². The molecule has 0 aliphatic rings. The fraction of sp³-hybridized carbons (Fsp3) is 1.00. The molecule has 0 spiro atoms. The van der Waals surface area contributed by atoms with Crippen molar-refractivity contribution in [3.8, 4) is 0 Å². The minimum absolute atomic E-state index is 1.25. The molecule has 0 fully saturated rings. The van der Waals surface area contributed by atoms with Gasteiger partial charge in [0.15, 0.2) is 0 Å². The van der Waals surface area contributed by atoms with Crippen LogP contribution in [0.5, 0.6) is 0 Å². The monoisotopic (exact) mass is 266 g/mol. The predicted octanol–water partition coefficient (Wildman–Crippen LogP) is 4.60. The molecule has 0 nitrogen and oxygen atoms in total. The van der Waals surface area contributed by atoms with Crippen LogP contribution in [0.4, 0.5) is 0 Å². The number of unbranched alkanes of at least 4 members (excludes halogenated alkanes) is 3. The van der Waals surface area contributed by atoms with Gasteiger partial charge in [-0.2, -0.15) is 0 Å². The molecule has 0 atom stereocenters. The van der Waals surface area contributed by atoms with E-state index >= 15 is 0 Å². The summed E-state index contributed by atoms with van der Waals surface area (Å²) in [6.45, 7) is 6.84. The Kier molecular flexibility index (Phi) is 9.82. The van der Waals surface area contributed by atoms with Crippen molar-refractivity contribution >= 4 is 5.95 Å². The Hall–Kier alpha value is 0.949. The van der Waals surface area contributed by atoms with Crippen molar-refractivity contribution in [3.63, 3.8) is 0 Å². The molecule has 0 aromatic rings. The second-order valence-electron chi connectivity index (χ2n) is 4.38. The summed E-state index contributed by atoms with van der Waals surface area (Å²) in [5, 5.41) is 0. The molecule has 0 aromatic carbocycles. The molecule has 0 aliphatic heterocycles. The van der Waals surface area contributed by atoms with Crippen LogP contribution >= 0.6 is 5.95 Å². The maximum absolute atomic E-state index is 6.10. The molecule has 0 aromatic heterocycles. The van der Waals surface area contributed by atoms with Gasteiger partial charge in [-0.05, 0) is 0 Å². The van der Waals surface area contributed by atoms with Gasteiger partial charge in [0.05, 0.1) is 0 Å². The van der Waals surface area contributed by atoms with E-state index in [9.17, 15) is 0 Å². The van der Waals surface area contributed by atoms with Crippen LogP contribution in [0.15, 0.2) is 0 Å². The topological polar surface area (TPSA) is 0 Å². The summed E-state index contributed by atoms with van der Waals surface area (Å²) in [4.78, 5) is 0. The van der Waals surface area contributed by atoms with Gasteiger partial charge in [0.2, 0.25) is 0 Å². The summed E-state index contributed by atoms with van der Waals surface area (Å²) < 4.78 is 0. The van der Waals surface area contributed by atoms with E-state index in [1.54, 1.807) is 0 Å². The molecule has 0 rings (SSSR count). The van der Waals surface area contributed by atoms with E-state index in [2.05, 4.69) is 20.8 Å². The van der Waals surface area contributed by atoms with Crippen molar-refractivity contribution in [2.45, 2.75) is 59.3 Å². The van der Waals surface area contributed by atoms with E-state index in [4.69, 9.17) is 15.6 Å². The van der Waals surface area contributed by atoms with Crippen molar-refractivity contribution in [1.82, 2.24) is 0 Å². The normalized spacial score (nSPS) is 13.2. The Bertz CT molecular complexity index is 104. The first-order valence-electron chi connectivity index (χ1n) is 6.33. The van der Waals surface area contributed by atoms with E-state index in [0.717, 1.165) is 0 Å². The molecule has 0 aliphatic carbocycles. The molecular weight excluding hydrogens is 239 g/mol. The number of hydrogen-bond donors (Lipinski definition) is 0. The van der Waals surface area contributed by atoms with Gasteiger partial charge in [-0.25, -0.2) is 0 Å². The van der Waals surface area contributed by atoms with E-state index < -0.39 is 5.95 Å². The summed E-state index contributed by atoms with van der Waals surface area (Å²) in [6.07, 6.45) is 12.3. The SMILES string of the molecule is CCCC[PH]([Cu])(CCCC)CCCC. The molecule has 0 heterocycles. The zero-order valence-electron chi connectivity index (χ0n) is 10.2. The zero-order valence-corrected chi connectivity index (χ0v) is 12.1. The first-order chi connectivity index (χ1) is 6.68.